The maximum Gasteiger partial charge on any atom is 0.232 e. The van der Waals surface area contributed by atoms with Crippen LogP contribution in [-0.2, 0) is 4.79 Å². The van der Waals surface area contributed by atoms with Crippen molar-refractivity contribution in [3.05, 3.63) is 0 Å². The van der Waals surface area contributed by atoms with Crippen LogP contribution in [0.25, 0.3) is 0 Å². The monoisotopic (exact) mass is 271 g/mol. The lowest BCUT2D eigenvalue weighted by Gasteiger charge is -2.31. The van der Waals surface area contributed by atoms with E-state index >= 15 is 0 Å². The van der Waals surface area contributed by atoms with Crippen LogP contribution in [-0.4, -0.2) is 53.4 Å². The van der Waals surface area contributed by atoms with E-state index in [-0.39, 0.29) is 17.9 Å². The Morgan fingerprint density at radius 2 is 2.17 bits per heavy atom. The van der Waals surface area contributed by atoms with Gasteiger partial charge < -0.3 is 15.5 Å². The van der Waals surface area contributed by atoms with Crippen LogP contribution in [0.3, 0.4) is 0 Å². The van der Waals surface area contributed by atoms with E-state index in [2.05, 4.69) is 25.8 Å². The van der Waals surface area contributed by atoms with Gasteiger partial charge in [-0.1, -0.05) is 25.6 Å². The molecule has 0 bridgehead atoms. The minimum atomic E-state index is -0.282. The van der Waals surface area contributed by atoms with Crippen LogP contribution in [0.4, 0.5) is 0 Å². The molecule has 1 aliphatic rings. The number of carbonyl (C=O) groups excluding carboxylic acids is 1. The Balaban J connectivity index is 2.76. The predicted molar refractivity (Wildman–Crippen MR) is 78.5 cm³/mol. The van der Waals surface area contributed by atoms with Crippen molar-refractivity contribution >= 4 is 23.1 Å². The summed E-state index contributed by atoms with van der Waals surface area (Å²) in [5, 5.41) is 0. The Bertz CT molecular complexity index is 309. The predicted octanol–water partition coefficient (Wildman–Crippen LogP) is 1.24. The first-order chi connectivity index (χ1) is 8.47. The van der Waals surface area contributed by atoms with Crippen molar-refractivity contribution < 1.29 is 4.79 Å². The Morgan fingerprint density at radius 1 is 1.50 bits per heavy atom. The summed E-state index contributed by atoms with van der Waals surface area (Å²) in [7, 11) is 2.10. The molecule has 0 radical (unpaired) electrons. The summed E-state index contributed by atoms with van der Waals surface area (Å²) in [6, 6.07) is 0.235. The molecule has 1 rings (SSSR count). The van der Waals surface area contributed by atoms with Crippen molar-refractivity contribution in [1.82, 2.24) is 9.80 Å². The first kappa shape index (κ1) is 15.4. The minimum absolute atomic E-state index is 0.118. The van der Waals surface area contributed by atoms with Crippen LogP contribution in [0.5, 0.6) is 0 Å². The second kappa shape index (κ2) is 7.04. The standard InChI is InChI=1S/C13H25N3OS/c1-4-6-11(12(14)18)13(17)16-8-5-7-15(3)9-10(16)2/h10-11H,4-9H2,1-3H3,(H2,14,18). The maximum atomic E-state index is 12.5. The molecule has 1 heterocycles. The number of nitrogens with two attached hydrogens (primary N) is 1. The molecule has 1 aliphatic heterocycles. The molecule has 0 saturated carbocycles. The minimum Gasteiger partial charge on any atom is -0.393 e. The van der Waals surface area contributed by atoms with Gasteiger partial charge in [-0.25, -0.2) is 0 Å². The number of likely N-dealkylation sites (N-methyl/N-ethyl adjacent to an activating group) is 1. The second-order valence-electron chi connectivity index (χ2n) is 5.24. The van der Waals surface area contributed by atoms with Crippen LogP contribution >= 0.6 is 12.2 Å². The van der Waals surface area contributed by atoms with E-state index in [1.807, 2.05) is 4.90 Å². The third kappa shape index (κ3) is 3.92. The van der Waals surface area contributed by atoms with Gasteiger partial charge in [0.05, 0.1) is 10.9 Å². The molecule has 2 N–H and O–H groups in total. The smallest absolute Gasteiger partial charge is 0.232 e. The number of hydrogen-bond acceptors (Lipinski definition) is 3. The lowest BCUT2D eigenvalue weighted by Crippen LogP contribution is -2.47. The molecular weight excluding hydrogens is 246 g/mol. The van der Waals surface area contributed by atoms with Crippen molar-refractivity contribution in [3.63, 3.8) is 0 Å². The van der Waals surface area contributed by atoms with E-state index in [1.165, 1.54) is 0 Å². The van der Waals surface area contributed by atoms with E-state index in [4.69, 9.17) is 18.0 Å². The molecule has 4 nitrogen and oxygen atoms in total. The first-order valence-electron chi connectivity index (χ1n) is 6.75. The molecule has 0 aliphatic carbocycles. The van der Waals surface area contributed by atoms with Crippen LogP contribution in [0.1, 0.15) is 33.1 Å². The van der Waals surface area contributed by atoms with E-state index in [9.17, 15) is 4.79 Å². The fourth-order valence-electron chi connectivity index (χ4n) is 2.58. The summed E-state index contributed by atoms with van der Waals surface area (Å²) in [5.41, 5.74) is 5.72. The van der Waals surface area contributed by atoms with Crippen LogP contribution < -0.4 is 5.73 Å². The molecule has 5 heteroatoms. The lowest BCUT2D eigenvalue weighted by atomic mass is 10.0. The SMILES string of the molecule is CCCC(C(=O)N1CCCN(C)CC1C)C(N)=S. The molecule has 2 atom stereocenters. The molecule has 1 saturated heterocycles. The fraction of sp³-hybridized carbons (Fsp3) is 0.846. The van der Waals surface area contributed by atoms with E-state index in [0.29, 0.717) is 4.99 Å². The highest BCUT2D eigenvalue weighted by molar-refractivity contribution is 7.80. The quantitative estimate of drug-likeness (QED) is 0.782. The lowest BCUT2D eigenvalue weighted by molar-refractivity contribution is -0.135. The summed E-state index contributed by atoms with van der Waals surface area (Å²) in [4.78, 5) is 17.1. The average Bonchev–Trinajstić information content (AvgIpc) is 2.45. The summed E-state index contributed by atoms with van der Waals surface area (Å²) in [6.45, 7) is 6.93. The summed E-state index contributed by atoms with van der Waals surface area (Å²) < 4.78 is 0. The number of carbonyl (C=O) groups is 1. The summed E-state index contributed by atoms with van der Waals surface area (Å²) >= 11 is 5.04. The molecule has 1 fully saturated rings. The zero-order valence-electron chi connectivity index (χ0n) is 11.7. The third-order valence-electron chi connectivity index (χ3n) is 3.55. The van der Waals surface area contributed by atoms with Crippen molar-refractivity contribution in [1.29, 1.82) is 0 Å². The highest BCUT2D eigenvalue weighted by Gasteiger charge is 2.30. The van der Waals surface area contributed by atoms with Gasteiger partial charge in [0.2, 0.25) is 5.91 Å². The highest BCUT2D eigenvalue weighted by Crippen LogP contribution is 2.16. The largest absolute Gasteiger partial charge is 0.393 e. The third-order valence-corrected chi connectivity index (χ3v) is 3.83. The number of hydrogen-bond donors (Lipinski definition) is 1. The number of rotatable bonds is 4. The molecule has 0 aromatic rings. The van der Waals surface area contributed by atoms with Gasteiger partial charge in [0.1, 0.15) is 0 Å². The molecule has 2 unspecified atom stereocenters. The summed E-state index contributed by atoms with van der Waals surface area (Å²) in [6.07, 6.45) is 2.70. The van der Waals surface area contributed by atoms with E-state index < -0.39 is 0 Å². The molecular formula is C13H25N3OS. The van der Waals surface area contributed by atoms with Gasteiger partial charge in [-0.15, -0.1) is 0 Å². The van der Waals surface area contributed by atoms with Gasteiger partial charge in [0.25, 0.3) is 0 Å². The molecule has 18 heavy (non-hydrogen) atoms. The number of amides is 1. The molecule has 0 aromatic carbocycles. The first-order valence-corrected chi connectivity index (χ1v) is 7.16. The maximum absolute atomic E-state index is 12.5. The van der Waals surface area contributed by atoms with E-state index in [1.54, 1.807) is 0 Å². The van der Waals surface area contributed by atoms with Crippen LogP contribution in [0, 0.1) is 5.92 Å². The Morgan fingerprint density at radius 3 is 2.72 bits per heavy atom. The molecule has 0 spiro atoms. The Hall–Kier alpha value is -0.680. The van der Waals surface area contributed by atoms with Gasteiger partial charge in [-0.05, 0) is 33.4 Å². The molecule has 1 amide bonds. The normalized spacial score (nSPS) is 23.5. The topological polar surface area (TPSA) is 49.6 Å². The zero-order valence-corrected chi connectivity index (χ0v) is 12.5. The zero-order chi connectivity index (χ0) is 13.7. The Kier molecular flexibility index (Phi) is 6.02. The van der Waals surface area contributed by atoms with Gasteiger partial charge in [-0.3, -0.25) is 4.79 Å². The highest BCUT2D eigenvalue weighted by atomic mass is 32.1. The molecule has 104 valence electrons. The van der Waals surface area contributed by atoms with Crippen molar-refractivity contribution in [2.75, 3.05) is 26.7 Å². The second-order valence-corrected chi connectivity index (χ2v) is 5.71. The Labute approximate surface area is 115 Å². The number of thiocarbonyl (C=S) groups is 1. The average molecular weight is 271 g/mol. The van der Waals surface area contributed by atoms with Crippen molar-refractivity contribution in [2.45, 2.75) is 39.2 Å². The van der Waals surface area contributed by atoms with Crippen molar-refractivity contribution in [2.24, 2.45) is 11.7 Å². The van der Waals surface area contributed by atoms with Crippen LogP contribution in [0.2, 0.25) is 0 Å². The van der Waals surface area contributed by atoms with Crippen LogP contribution in [0.15, 0.2) is 0 Å². The van der Waals surface area contributed by atoms with Gasteiger partial charge >= 0.3 is 0 Å². The fourth-order valence-corrected chi connectivity index (χ4v) is 2.79. The van der Waals surface area contributed by atoms with E-state index in [0.717, 1.165) is 38.9 Å². The van der Waals surface area contributed by atoms with Gasteiger partial charge in [0, 0.05) is 19.1 Å². The van der Waals surface area contributed by atoms with Gasteiger partial charge in [-0.2, -0.15) is 0 Å². The summed E-state index contributed by atoms with van der Waals surface area (Å²) in [5.74, 6) is -0.164. The van der Waals surface area contributed by atoms with Crippen molar-refractivity contribution in [3.8, 4) is 0 Å². The van der Waals surface area contributed by atoms with Gasteiger partial charge in [0.15, 0.2) is 0 Å². The number of nitrogens with zero attached hydrogens (tertiary/aromatic N) is 2. The molecule has 0 aromatic heterocycles.